The molecule has 0 aliphatic rings. The Morgan fingerprint density at radius 2 is 2.04 bits per heavy atom. The van der Waals surface area contributed by atoms with E-state index in [1.54, 1.807) is 4.68 Å². The number of carbonyl (C=O) groups excluding carboxylic acids is 1. The van der Waals surface area contributed by atoms with Gasteiger partial charge in [-0.2, -0.15) is 5.10 Å². The summed E-state index contributed by atoms with van der Waals surface area (Å²) < 4.78 is 4.16. The standard InChI is InChI=1S/C16H22ClN5OS/c1-4-9-18-14(23)10-20(2)11-22-16(24)21(3)15(19-22)12-5-7-13(17)8-6-12/h5-8H,4,9-11H2,1-3H3,(H,18,23). The summed E-state index contributed by atoms with van der Waals surface area (Å²) >= 11 is 11.4. The molecule has 1 heterocycles. The number of amides is 1. The lowest BCUT2D eigenvalue weighted by molar-refractivity contribution is -0.122. The first-order valence-electron chi connectivity index (χ1n) is 7.77. The van der Waals surface area contributed by atoms with Crippen LogP contribution in [0, 0.1) is 4.77 Å². The van der Waals surface area contributed by atoms with Crippen molar-refractivity contribution in [3.63, 3.8) is 0 Å². The van der Waals surface area contributed by atoms with Gasteiger partial charge in [-0.3, -0.25) is 9.69 Å². The number of aromatic nitrogens is 3. The molecule has 1 N–H and O–H groups in total. The van der Waals surface area contributed by atoms with E-state index in [9.17, 15) is 4.79 Å². The van der Waals surface area contributed by atoms with Crippen molar-refractivity contribution in [3.8, 4) is 11.4 Å². The van der Waals surface area contributed by atoms with Crippen LogP contribution in [0.3, 0.4) is 0 Å². The van der Waals surface area contributed by atoms with E-state index in [2.05, 4.69) is 10.4 Å². The molecule has 0 unspecified atom stereocenters. The molecule has 0 saturated carbocycles. The molecule has 0 saturated heterocycles. The van der Waals surface area contributed by atoms with Gasteiger partial charge in [0.1, 0.15) is 0 Å². The molecule has 0 aliphatic carbocycles. The minimum atomic E-state index is -0.000255. The highest BCUT2D eigenvalue weighted by molar-refractivity contribution is 7.71. The van der Waals surface area contributed by atoms with Crippen LogP contribution >= 0.6 is 23.8 Å². The van der Waals surface area contributed by atoms with Crippen LogP contribution in [0.5, 0.6) is 0 Å². The first kappa shape index (κ1) is 18.6. The zero-order valence-corrected chi connectivity index (χ0v) is 15.7. The van der Waals surface area contributed by atoms with Crippen LogP contribution in [0.15, 0.2) is 24.3 Å². The van der Waals surface area contributed by atoms with Gasteiger partial charge in [-0.05, 0) is 50.0 Å². The van der Waals surface area contributed by atoms with Crippen molar-refractivity contribution in [2.75, 3.05) is 20.1 Å². The monoisotopic (exact) mass is 367 g/mol. The highest BCUT2D eigenvalue weighted by atomic mass is 35.5. The van der Waals surface area contributed by atoms with Gasteiger partial charge in [0.2, 0.25) is 5.91 Å². The van der Waals surface area contributed by atoms with E-state index in [4.69, 9.17) is 23.8 Å². The maximum Gasteiger partial charge on any atom is 0.234 e. The Morgan fingerprint density at radius 3 is 2.67 bits per heavy atom. The number of hydrogen-bond acceptors (Lipinski definition) is 4. The molecule has 8 heteroatoms. The Morgan fingerprint density at radius 1 is 1.38 bits per heavy atom. The van der Waals surface area contributed by atoms with Crippen molar-refractivity contribution in [2.45, 2.75) is 20.0 Å². The van der Waals surface area contributed by atoms with Crippen LogP contribution in [0.1, 0.15) is 13.3 Å². The van der Waals surface area contributed by atoms with E-state index in [0.29, 0.717) is 29.6 Å². The molecular formula is C16H22ClN5OS. The van der Waals surface area contributed by atoms with E-state index in [1.807, 2.05) is 54.8 Å². The molecule has 24 heavy (non-hydrogen) atoms. The Hall–Kier alpha value is -1.70. The van der Waals surface area contributed by atoms with Crippen LogP contribution in [0.25, 0.3) is 11.4 Å². The third-order valence-corrected chi connectivity index (χ3v) is 4.24. The van der Waals surface area contributed by atoms with Gasteiger partial charge in [-0.1, -0.05) is 18.5 Å². The van der Waals surface area contributed by atoms with Crippen molar-refractivity contribution in [2.24, 2.45) is 7.05 Å². The SMILES string of the molecule is CCCNC(=O)CN(C)Cn1nc(-c2ccc(Cl)cc2)n(C)c1=S. The number of nitrogens with zero attached hydrogens (tertiary/aromatic N) is 4. The molecule has 0 atom stereocenters. The Labute approximate surface area is 152 Å². The summed E-state index contributed by atoms with van der Waals surface area (Å²) in [5.41, 5.74) is 0.940. The first-order valence-corrected chi connectivity index (χ1v) is 8.56. The second-order valence-corrected chi connectivity index (χ2v) is 6.48. The lowest BCUT2D eigenvalue weighted by Gasteiger charge is -2.15. The highest BCUT2D eigenvalue weighted by Crippen LogP contribution is 2.20. The summed E-state index contributed by atoms with van der Waals surface area (Å²) in [4.78, 5) is 13.7. The fourth-order valence-corrected chi connectivity index (χ4v) is 2.59. The van der Waals surface area contributed by atoms with Crippen molar-refractivity contribution < 1.29 is 4.79 Å². The molecule has 1 aromatic carbocycles. The van der Waals surface area contributed by atoms with Crippen LogP contribution < -0.4 is 5.32 Å². The maximum atomic E-state index is 11.8. The minimum Gasteiger partial charge on any atom is -0.355 e. The molecule has 1 amide bonds. The Balaban J connectivity index is 2.12. The Kier molecular flexibility index (Phi) is 6.53. The molecule has 0 radical (unpaired) electrons. The molecule has 1 aromatic heterocycles. The summed E-state index contributed by atoms with van der Waals surface area (Å²) in [6.07, 6.45) is 0.922. The number of benzene rings is 1. The lowest BCUT2D eigenvalue weighted by Crippen LogP contribution is -2.36. The van der Waals surface area contributed by atoms with E-state index in [0.717, 1.165) is 17.8 Å². The number of likely N-dealkylation sites (N-methyl/N-ethyl adjacent to an activating group) is 1. The number of hydrogen-bond donors (Lipinski definition) is 1. The van der Waals surface area contributed by atoms with Gasteiger partial charge in [0.05, 0.1) is 13.2 Å². The predicted octanol–water partition coefficient (Wildman–Crippen LogP) is 2.69. The first-order chi connectivity index (χ1) is 11.4. The fourth-order valence-electron chi connectivity index (χ4n) is 2.27. The third kappa shape index (κ3) is 4.66. The number of rotatable bonds is 7. The normalized spacial score (nSPS) is 11.0. The molecule has 2 aromatic rings. The van der Waals surface area contributed by atoms with Crippen molar-refractivity contribution in [1.29, 1.82) is 0 Å². The van der Waals surface area contributed by atoms with Gasteiger partial charge in [0, 0.05) is 24.2 Å². The van der Waals surface area contributed by atoms with Crippen molar-refractivity contribution >= 4 is 29.7 Å². The van der Waals surface area contributed by atoms with Crippen LogP contribution in [-0.2, 0) is 18.5 Å². The van der Waals surface area contributed by atoms with Gasteiger partial charge in [0.15, 0.2) is 10.6 Å². The average Bonchev–Trinajstić information content (AvgIpc) is 2.82. The molecule has 0 fully saturated rings. The zero-order valence-electron chi connectivity index (χ0n) is 14.1. The van der Waals surface area contributed by atoms with E-state index >= 15 is 0 Å². The molecule has 6 nitrogen and oxygen atoms in total. The van der Waals surface area contributed by atoms with E-state index < -0.39 is 0 Å². The molecule has 130 valence electrons. The predicted molar refractivity (Wildman–Crippen MR) is 98.4 cm³/mol. The lowest BCUT2D eigenvalue weighted by atomic mass is 10.2. The molecule has 0 aliphatic heterocycles. The largest absolute Gasteiger partial charge is 0.355 e. The molecule has 2 rings (SSSR count). The van der Waals surface area contributed by atoms with Gasteiger partial charge in [0.25, 0.3) is 0 Å². The summed E-state index contributed by atoms with van der Waals surface area (Å²) in [6.45, 7) is 3.46. The molecular weight excluding hydrogens is 346 g/mol. The number of nitrogens with one attached hydrogen (secondary N) is 1. The maximum absolute atomic E-state index is 11.8. The quantitative estimate of drug-likeness (QED) is 0.764. The van der Waals surface area contributed by atoms with E-state index in [1.165, 1.54) is 0 Å². The van der Waals surface area contributed by atoms with Crippen molar-refractivity contribution in [3.05, 3.63) is 34.1 Å². The Bertz CT molecular complexity index is 753. The van der Waals surface area contributed by atoms with Crippen molar-refractivity contribution in [1.82, 2.24) is 24.6 Å². The van der Waals surface area contributed by atoms with Gasteiger partial charge in [-0.15, -0.1) is 0 Å². The summed E-state index contributed by atoms with van der Waals surface area (Å²) in [6, 6.07) is 7.46. The smallest absolute Gasteiger partial charge is 0.234 e. The minimum absolute atomic E-state index is 0.000255. The second kappa shape index (κ2) is 8.41. The van der Waals surface area contributed by atoms with Crippen LogP contribution in [0.2, 0.25) is 5.02 Å². The summed E-state index contributed by atoms with van der Waals surface area (Å²) in [5.74, 6) is 0.764. The number of carbonyl (C=O) groups is 1. The van der Waals surface area contributed by atoms with E-state index in [-0.39, 0.29) is 5.91 Å². The van der Waals surface area contributed by atoms with Crippen LogP contribution in [-0.4, -0.2) is 45.3 Å². The summed E-state index contributed by atoms with van der Waals surface area (Å²) in [7, 11) is 3.74. The summed E-state index contributed by atoms with van der Waals surface area (Å²) in [5, 5.41) is 8.11. The number of halogens is 1. The van der Waals surface area contributed by atoms with Gasteiger partial charge < -0.3 is 9.88 Å². The second-order valence-electron chi connectivity index (χ2n) is 5.68. The van der Waals surface area contributed by atoms with Gasteiger partial charge >= 0.3 is 0 Å². The topological polar surface area (TPSA) is 55.1 Å². The highest BCUT2D eigenvalue weighted by Gasteiger charge is 2.12. The zero-order chi connectivity index (χ0) is 17.7. The molecule has 0 bridgehead atoms. The third-order valence-electron chi connectivity index (χ3n) is 3.50. The van der Waals surface area contributed by atoms with Crippen LogP contribution in [0.4, 0.5) is 0 Å². The molecule has 0 spiro atoms. The average molecular weight is 368 g/mol. The van der Waals surface area contributed by atoms with Gasteiger partial charge in [-0.25, -0.2) is 4.68 Å². The fraction of sp³-hybridized carbons (Fsp3) is 0.438.